The minimum Gasteiger partial charge on any atom is -0.486 e. The summed E-state index contributed by atoms with van der Waals surface area (Å²) >= 11 is 7.51. The first-order valence-corrected chi connectivity index (χ1v) is 9.06. The fraction of sp³-hybridized carbons (Fsp3) is 0.471. The SMILES string of the molecule is CC1(CN)CCN(Cc2csc(COc3ccc(Cl)cc3)n2)C1. The molecule has 0 saturated carbocycles. The average molecular weight is 352 g/mol. The van der Waals surface area contributed by atoms with Crippen LogP contribution in [0.15, 0.2) is 29.6 Å². The van der Waals surface area contributed by atoms with Crippen LogP contribution in [0.4, 0.5) is 0 Å². The molecule has 1 fully saturated rings. The maximum Gasteiger partial charge on any atom is 0.140 e. The molecular weight excluding hydrogens is 330 g/mol. The molecule has 4 nitrogen and oxygen atoms in total. The Hall–Kier alpha value is -1.14. The van der Waals surface area contributed by atoms with Gasteiger partial charge in [0.2, 0.25) is 0 Å². The maximum atomic E-state index is 5.87. The Morgan fingerprint density at radius 3 is 2.87 bits per heavy atom. The van der Waals surface area contributed by atoms with Crippen LogP contribution in [-0.4, -0.2) is 29.5 Å². The Kier molecular flexibility index (Phi) is 5.21. The summed E-state index contributed by atoms with van der Waals surface area (Å²) < 4.78 is 5.74. The van der Waals surface area contributed by atoms with Crippen molar-refractivity contribution in [1.29, 1.82) is 0 Å². The summed E-state index contributed by atoms with van der Waals surface area (Å²) in [5.74, 6) is 0.810. The number of aromatic nitrogens is 1. The van der Waals surface area contributed by atoms with Gasteiger partial charge < -0.3 is 10.5 Å². The van der Waals surface area contributed by atoms with Gasteiger partial charge in [-0.2, -0.15) is 0 Å². The molecule has 0 spiro atoms. The summed E-state index contributed by atoms with van der Waals surface area (Å²) in [6, 6.07) is 7.39. The van der Waals surface area contributed by atoms with E-state index in [1.54, 1.807) is 11.3 Å². The normalized spacial score (nSPS) is 21.7. The zero-order valence-electron chi connectivity index (χ0n) is 13.3. The number of nitrogens with zero attached hydrogens (tertiary/aromatic N) is 2. The lowest BCUT2D eigenvalue weighted by molar-refractivity contribution is 0.271. The number of halogens is 1. The lowest BCUT2D eigenvalue weighted by Gasteiger charge is -2.22. The highest BCUT2D eigenvalue weighted by molar-refractivity contribution is 7.09. The van der Waals surface area contributed by atoms with Crippen molar-refractivity contribution in [3.63, 3.8) is 0 Å². The Labute approximate surface area is 146 Å². The minimum absolute atomic E-state index is 0.260. The molecule has 0 radical (unpaired) electrons. The van der Waals surface area contributed by atoms with Crippen molar-refractivity contribution in [3.8, 4) is 5.75 Å². The molecule has 0 bridgehead atoms. The molecule has 0 amide bonds. The Morgan fingerprint density at radius 2 is 2.17 bits per heavy atom. The van der Waals surface area contributed by atoms with E-state index in [4.69, 9.17) is 22.1 Å². The van der Waals surface area contributed by atoms with Crippen LogP contribution < -0.4 is 10.5 Å². The quantitative estimate of drug-likeness (QED) is 0.864. The summed E-state index contributed by atoms with van der Waals surface area (Å²) in [4.78, 5) is 7.11. The summed E-state index contributed by atoms with van der Waals surface area (Å²) in [5.41, 5.74) is 7.24. The smallest absolute Gasteiger partial charge is 0.140 e. The van der Waals surface area contributed by atoms with Gasteiger partial charge in [0.15, 0.2) is 0 Å². The van der Waals surface area contributed by atoms with Gasteiger partial charge in [-0.25, -0.2) is 4.98 Å². The van der Waals surface area contributed by atoms with E-state index in [9.17, 15) is 0 Å². The first-order valence-electron chi connectivity index (χ1n) is 7.80. The first-order chi connectivity index (χ1) is 11.1. The van der Waals surface area contributed by atoms with Crippen LogP contribution in [0.1, 0.15) is 24.0 Å². The number of benzene rings is 1. The van der Waals surface area contributed by atoms with E-state index in [1.165, 1.54) is 6.42 Å². The van der Waals surface area contributed by atoms with E-state index in [1.807, 2.05) is 24.3 Å². The fourth-order valence-electron chi connectivity index (χ4n) is 2.82. The first kappa shape index (κ1) is 16.7. The van der Waals surface area contributed by atoms with Crippen LogP contribution in [0.2, 0.25) is 5.02 Å². The fourth-order valence-corrected chi connectivity index (χ4v) is 3.64. The molecule has 2 N–H and O–H groups in total. The molecule has 1 aromatic carbocycles. The van der Waals surface area contributed by atoms with Crippen LogP contribution in [0.25, 0.3) is 0 Å². The van der Waals surface area contributed by atoms with E-state index in [0.29, 0.717) is 11.6 Å². The van der Waals surface area contributed by atoms with Crippen molar-refractivity contribution >= 4 is 22.9 Å². The highest BCUT2D eigenvalue weighted by Gasteiger charge is 2.32. The molecule has 23 heavy (non-hydrogen) atoms. The van der Waals surface area contributed by atoms with E-state index in [2.05, 4.69) is 22.2 Å². The molecule has 1 aromatic heterocycles. The summed E-state index contributed by atoms with van der Waals surface area (Å²) in [6.45, 7) is 6.56. The molecular formula is C17H22ClN3OS. The predicted octanol–water partition coefficient (Wildman–Crippen LogP) is 3.55. The topological polar surface area (TPSA) is 51.4 Å². The minimum atomic E-state index is 0.260. The number of rotatable bonds is 6. The molecule has 6 heteroatoms. The number of hydrogen-bond acceptors (Lipinski definition) is 5. The molecule has 124 valence electrons. The summed E-state index contributed by atoms with van der Waals surface area (Å²) in [5, 5.41) is 3.83. The lowest BCUT2D eigenvalue weighted by Crippen LogP contribution is -2.31. The van der Waals surface area contributed by atoms with Gasteiger partial charge in [0, 0.05) is 23.5 Å². The average Bonchev–Trinajstić information content (AvgIpc) is 3.15. The molecule has 1 atom stereocenters. The second-order valence-electron chi connectivity index (χ2n) is 6.45. The van der Waals surface area contributed by atoms with E-state index < -0.39 is 0 Å². The van der Waals surface area contributed by atoms with Gasteiger partial charge in [-0.05, 0) is 49.2 Å². The molecule has 2 heterocycles. The molecule has 1 aliphatic heterocycles. The van der Waals surface area contributed by atoms with E-state index in [-0.39, 0.29) is 5.41 Å². The van der Waals surface area contributed by atoms with Gasteiger partial charge in [-0.1, -0.05) is 18.5 Å². The van der Waals surface area contributed by atoms with Crippen LogP contribution >= 0.6 is 22.9 Å². The largest absolute Gasteiger partial charge is 0.486 e. The summed E-state index contributed by atoms with van der Waals surface area (Å²) in [6.07, 6.45) is 1.17. The third-order valence-corrected chi connectivity index (χ3v) is 5.41. The van der Waals surface area contributed by atoms with Gasteiger partial charge in [0.25, 0.3) is 0 Å². The maximum absolute atomic E-state index is 5.87. The Balaban J connectivity index is 1.51. The van der Waals surface area contributed by atoms with Crippen molar-refractivity contribution in [2.75, 3.05) is 19.6 Å². The lowest BCUT2D eigenvalue weighted by atomic mass is 9.90. The van der Waals surface area contributed by atoms with Gasteiger partial charge in [0.05, 0.1) is 5.69 Å². The molecule has 1 aliphatic rings. The molecule has 2 aromatic rings. The van der Waals surface area contributed by atoms with E-state index >= 15 is 0 Å². The van der Waals surface area contributed by atoms with Gasteiger partial charge in [-0.15, -0.1) is 11.3 Å². The number of thiazole rings is 1. The summed E-state index contributed by atoms with van der Waals surface area (Å²) in [7, 11) is 0. The van der Waals surface area contributed by atoms with Gasteiger partial charge in [-0.3, -0.25) is 4.90 Å². The zero-order chi connectivity index (χ0) is 16.3. The van der Waals surface area contributed by atoms with Crippen LogP contribution in [0.5, 0.6) is 5.75 Å². The van der Waals surface area contributed by atoms with Crippen molar-refractivity contribution in [3.05, 3.63) is 45.4 Å². The number of hydrogen-bond donors (Lipinski definition) is 1. The zero-order valence-corrected chi connectivity index (χ0v) is 14.9. The molecule has 1 unspecified atom stereocenters. The van der Waals surface area contributed by atoms with Crippen LogP contribution in [0, 0.1) is 5.41 Å². The van der Waals surface area contributed by atoms with Crippen molar-refractivity contribution < 1.29 is 4.74 Å². The second-order valence-corrected chi connectivity index (χ2v) is 7.83. The third kappa shape index (κ3) is 4.44. The number of likely N-dealkylation sites (tertiary alicyclic amines) is 1. The second kappa shape index (κ2) is 7.18. The predicted molar refractivity (Wildman–Crippen MR) is 95.0 cm³/mol. The third-order valence-electron chi connectivity index (χ3n) is 4.29. The highest BCUT2D eigenvalue weighted by Crippen LogP contribution is 2.29. The van der Waals surface area contributed by atoms with Crippen LogP contribution in [0.3, 0.4) is 0 Å². The van der Waals surface area contributed by atoms with Gasteiger partial charge >= 0.3 is 0 Å². The Morgan fingerprint density at radius 1 is 1.39 bits per heavy atom. The Bertz CT molecular complexity index is 646. The molecule has 1 saturated heterocycles. The van der Waals surface area contributed by atoms with E-state index in [0.717, 1.165) is 42.6 Å². The monoisotopic (exact) mass is 351 g/mol. The molecule has 0 aliphatic carbocycles. The van der Waals surface area contributed by atoms with Crippen molar-refractivity contribution in [1.82, 2.24) is 9.88 Å². The number of nitrogens with two attached hydrogens (primary N) is 1. The van der Waals surface area contributed by atoms with Gasteiger partial charge in [0.1, 0.15) is 17.4 Å². The molecule has 3 rings (SSSR count). The highest BCUT2D eigenvalue weighted by atomic mass is 35.5. The number of ether oxygens (including phenoxy) is 1. The van der Waals surface area contributed by atoms with Crippen molar-refractivity contribution in [2.45, 2.75) is 26.5 Å². The van der Waals surface area contributed by atoms with Crippen molar-refractivity contribution in [2.24, 2.45) is 11.1 Å². The standard InChI is InChI=1S/C17H22ClN3OS/c1-17(11-19)6-7-21(12-17)8-14-10-23-16(20-14)9-22-15-4-2-13(18)3-5-15/h2-5,10H,6-9,11-12,19H2,1H3. The van der Waals surface area contributed by atoms with Crippen LogP contribution in [-0.2, 0) is 13.2 Å².